The number of rotatable bonds is 3. The maximum atomic E-state index is 13.6. The van der Waals surface area contributed by atoms with E-state index in [1.165, 1.54) is 0 Å². The van der Waals surface area contributed by atoms with Gasteiger partial charge in [-0.25, -0.2) is 21.6 Å². The van der Waals surface area contributed by atoms with Crippen molar-refractivity contribution in [3.8, 4) is 0 Å². The number of nitrogens with zero attached hydrogens (tertiary/aromatic N) is 1. The van der Waals surface area contributed by atoms with Gasteiger partial charge in [-0.3, -0.25) is 9.71 Å². The van der Waals surface area contributed by atoms with Crippen LogP contribution < -0.4 is 10.5 Å². The van der Waals surface area contributed by atoms with Crippen molar-refractivity contribution in [2.24, 2.45) is 0 Å². The molecule has 2 aromatic rings. The molecule has 0 saturated carbocycles. The van der Waals surface area contributed by atoms with Crippen molar-refractivity contribution in [3.05, 3.63) is 48.0 Å². The molecule has 0 spiro atoms. The molecule has 5 nitrogen and oxygen atoms in total. The first-order valence-corrected chi connectivity index (χ1v) is 6.66. The molecule has 1 aromatic heterocycles. The van der Waals surface area contributed by atoms with E-state index in [0.717, 1.165) is 18.5 Å². The molecule has 1 heterocycles. The van der Waals surface area contributed by atoms with Crippen LogP contribution >= 0.6 is 0 Å². The average Bonchev–Trinajstić information content (AvgIpc) is 2.30. The largest absolute Gasteiger partial charge is 0.399 e. The fraction of sp³-hybridized carbons (Fsp3) is 0. The number of halogens is 3. The molecule has 9 heteroatoms. The van der Waals surface area contributed by atoms with E-state index in [2.05, 4.69) is 4.98 Å². The fourth-order valence-electron chi connectivity index (χ4n) is 1.49. The SMILES string of the molecule is Nc1cc(F)c(S(=O)(=O)Nc2ccncc2F)c(F)c1. The Hall–Kier alpha value is -2.29. The molecule has 0 saturated heterocycles. The van der Waals surface area contributed by atoms with Gasteiger partial charge in [-0.15, -0.1) is 0 Å². The first kappa shape index (κ1) is 14.1. The normalized spacial score (nSPS) is 11.3. The van der Waals surface area contributed by atoms with Crippen LogP contribution in [0, 0.1) is 17.5 Å². The molecule has 3 N–H and O–H groups in total. The van der Waals surface area contributed by atoms with Gasteiger partial charge in [-0.1, -0.05) is 0 Å². The zero-order valence-corrected chi connectivity index (χ0v) is 10.6. The minimum absolute atomic E-state index is 0.269. The summed E-state index contributed by atoms with van der Waals surface area (Å²) in [4.78, 5) is 2.19. The number of sulfonamides is 1. The Labute approximate surface area is 112 Å². The highest BCUT2D eigenvalue weighted by atomic mass is 32.2. The smallest absolute Gasteiger partial charge is 0.267 e. The van der Waals surface area contributed by atoms with E-state index in [-0.39, 0.29) is 5.69 Å². The average molecular weight is 303 g/mol. The van der Waals surface area contributed by atoms with Crippen molar-refractivity contribution in [3.63, 3.8) is 0 Å². The molecule has 0 aliphatic heterocycles. The Kier molecular flexibility index (Phi) is 3.53. The summed E-state index contributed by atoms with van der Waals surface area (Å²) in [6.45, 7) is 0. The summed E-state index contributed by atoms with van der Waals surface area (Å²) in [6, 6.07) is 2.32. The van der Waals surface area contributed by atoms with E-state index in [9.17, 15) is 21.6 Å². The van der Waals surface area contributed by atoms with Crippen LogP contribution in [-0.2, 0) is 10.0 Å². The molecule has 0 aliphatic carbocycles. The summed E-state index contributed by atoms with van der Waals surface area (Å²) < 4.78 is 65.9. The Morgan fingerprint density at radius 3 is 2.25 bits per heavy atom. The summed E-state index contributed by atoms with van der Waals surface area (Å²) in [7, 11) is -4.64. The second-order valence-corrected chi connectivity index (χ2v) is 5.39. The maximum absolute atomic E-state index is 13.6. The van der Waals surface area contributed by atoms with Crippen LogP contribution in [0.25, 0.3) is 0 Å². The first-order chi connectivity index (χ1) is 9.31. The number of anilines is 2. The van der Waals surface area contributed by atoms with Crippen molar-refractivity contribution in [2.45, 2.75) is 4.90 Å². The minimum atomic E-state index is -4.64. The van der Waals surface area contributed by atoms with E-state index in [1.807, 2.05) is 0 Å². The monoisotopic (exact) mass is 303 g/mol. The van der Waals surface area contributed by atoms with Crippen molar-refractivity contribution >= 4 is 21.4 Å². The number of nitrogens with two attached hydrogens (primary N) is 1. The van der Waals surface area contributed by atoms with Crippen LogP contribution in [0.1, 0.15) is 0 Å². The summed E-state index contributed by atoms with van der Waals surface area (Å²) in [5.41, 5.74) is 4.44. The van der Waals surface area contributed by atoms with Crippen molar-refractivity contribution in [1.82, 2.24) is 4.98 Å². The number of aromatic nitrogens is 1. The van der Waals surface area contributed by atoms with Crippen LogP contribution in [0.4, 0.5) is 24.5 Å². The van der Waals surface area contributed by atoms with Gasteiger partial charge in [0.2, 0.25) is 0 Å². The Bertz CT molecular complexity index is 742. The summed E-state index contributed by atoms with van der Waals surface area (Å²) in [5.74, 6) is -3.72. The lowest BCUT2D eigenvalue weighted by molar-refractivity contribution is 0.522. The van der Waals surface area contributed by atoms with Crippen LogP contribution in [0.5, 0.6) is 0 Å². The predicted octanol–water partition coefficient (Wildman–Crippen LogP) is 1.88. The van der Waals surface area contributed by atoms with Gasteiger partial charge in [0.15, 0.2) is 10.7 Å². The maximum Gasteiger partial charge on any atom is 0.267 e. The van der Waals surface area contributed by atoms with Crippen LogP contribution in [0.2, 0.25) is 0 Å². The van der Waals surface area contributed by atoms with Gasteiger partial charge in [0.25, 0.3) is 10.0 Å². The van der Waals surface area contributed by atoms with Gasteiger partial charge in [-0.05, 0) is 18.2 Å². The standard InChI is InChI=1S/C11H8F3N3O2S/c12-7-3-6(15)4-8(13)11(7)20(18,19)17-10-1-2-16-5-9(10)14/h1-5H,15H2,(H,16,17). The highest BCUT2D eigenvalue weighted by Gasteiger charge is 2.25. The number of nitrogen functional groups attached to an aromatic ring is 1. The third-order valence-electron chi connectivity index (χ3n) is 2.31. The summed E-state index contributed by atoms with van der Waals surface area (Å²) in [6.07, 6.45) is 1.88. The number of nitrogens with one attached hydrogen (secondary N) is 1. The second kappa shape index (κ2) is 5.00. The molecule has 2 rings (SSSR count). The quantitative estimate of drug-likeness (QED) is 0.848. The Morgan fingerprint density at radius 2 is 1.70 bits per heavy atom. The van der Waals surface area contributed by atoms with Gasteiger partial charge in [-0.2, -0.15) is 0 Å². The Balaban J connectivity index is 2.50. The second-order valence-electron chi connectivity index (χ2n) is 3.77. The van der Waals surface area contributed by atoms with Crippen LogP contribution in [0.3, 0.4) is 0 Å². The topological polar surface area (TPSA) is 85.1 Å². The zero-order valence-electron chi connectivity index (χ0n) is 9.77. The molecule has 0 fully saturated rings. The molecule has 0 atom stereocenters. The molecule has 106 valence electrons. The molecule has 0 bridgehead atoms. The van der Waals surface area contributed by atoms with Gasteiger partial charge in [0, 0.05) is 11.9 Å². The lowest BCUT2D eigenvalue weighted by Crippen LogP contribution is -2.17. The molecular formula is C11H8F3N3O2S. The van der Waals surface area contributed by atoms with E-state index in [1.54, 1.807) is 4.72 Å². The van der Waals surface area contributed by atoms with E-state index in [0.29, 0.717) is 12.1 Å². The van der Waals surface area contributed by atoms with Crippen molar-refractivity contribution < 1.29 is 21.6 Å². The van der Waals surface area contributed by atoms with E-state index in [4.69, 9.17) is 5.73 Å². The summed E-state index contributed by atoms with van der Waals surface area (Å²) in [5, 5.41) is 0. The van der Waals surface area contributed by atoms with Gasteiger partial charge in [0.05, 0.1) is 11.9 Å². The zero-order chi connectivity index (χ0) is 14.9. The predicted molar refractivity (Wildman–Crippen MR) is 65.8 cm³/mol. The molecule has 0 aliphatic rings. The van der Waals surface area contributed by atoms with Crippen molar-refractivity contribution in [1.29, 1.82) is 0 Å². The number of pyridine rings is 1. The summed E-state index contributed by atoms with van der Waals surface area (Å²) >= 11 is 0. The van der Waals surface area contributed by atoms with Crippen molar-refractivity contribution in [2.75, 3.05) is 10.5 Å². The fourth-order valence-corrected chi connectivity index (χ4v) is 2.68. The Morgan fingerprint density at radius 1 is 1.10 bits per heavy atom. The highest BCUT2D eigenvalue weighted by Crippen LogP contribution is 2.24. The number of hydrogen-bond donors (Lipinski definition) is 2. The molecular weight excluding hydrogens is 295 g/mol. The molecule has 0 radical (unpaired) electrons. The lowest BCUT2D eigenvalue weighted by atomic mass is 10.3. The molecule has 1 aromatic carbocycles. The third-order valence-corrected chi connectivity index (χ3v) is 3.72. The minimum Gasteiger partial charge on any atom is -0.399 e. The van der Waals surface area contributed by atoms with E-state index >= 15 is 0 Å². The third kappa shape index (κ3) is 2.67. The lowest BCUT2D eigenvalue weighted by Gasteiger charge is -2.10. The highest BCUT2D eigenvalue weighted by molar-refractivity contribution is 7.92. The van der Waals surface area contributed by atoms with Gasteiger partial charge < -0.3 is 5.73 Å². The van der Waals surface area contributed by atoms with Gasteiger partial charge >= 0.3 is 0 Å². The van der Waals surface area contributed by atoms with Crippen LogP contribution in [-0.4, -0.2) is 13.4 Å². The van der Waals surface area contributed by atoms with Crippen LogP contribution in [0.15, 0.2) is 35.5 Å². The molecule has 20 heavy (non-hydrogen) atoms. The van der Waals surface area contributed by atoms with Gasteiger partial charge in [0.1, 0.15) is 11.6 Å². The number of benzene rings is 1. The first-order valence-electron chi connectivity index (χ1n) is 5.18. The molecule has 0 amide bonds. The number of hydrogen-bond acceptors (Lipinski definition) is 4. The van der Waals surface area contributed by atoms with E-state index < -0.39 is 38.1 Å². The molecule has 0 unspecified atom stereocenters.